The molecule has 0 saturated heterocycles. The Bertz CT molecular complexity index is 813. The highest BCUT2D eigenvalue weighted by Crippen LogP contribution is 2.17. The Morgan fingerprint density at radius 1 is 0.840 bits per heavy atom. The fourth-order valence-corrected chi connectivity index (χ4v) is 2.42. The first kappa shape index (κ1) is 16.6. The third-order valence-electron chi connectivity index (χ3n) is 3.83. The van der Waals surface area contributed by atoms with Gasteiger partial charge >= 0.3 is 0 Å². The third kappa shape index (κ3) is 4.61. The summed E-state index contributed by atoms with van der Waals surface area (Å²) in [4.78, 5) is 12.3. The highest BCUT2D eigenvalue weighted by molar-refractivity contribution is 6.04. The van der Waals surface area contributed by atoms with E-state index in [0.717, 1.165) is 23.7 Å². The molecule has 0 aliphatic carbocycles. The van der Waals surface area contributed by atoms with Gasteiger partial charge in [-0.15, -0.1) is 0 Å². The Morgan fingerprint density at radius 3 is 2.12 bits per heavy atom. The molecule has 2 N–H and O–H groups in total. The van der Waals surface area contributed by atoms with Gasteiger partial charge in [-0.1, -0.05) is 30.3 Å². The molecule has 126 valence electrons. The highest BCUT2D eigenvalue weighted by Gasteiger charge is 2.06. The van der Waals surface area contributed by atoms with Gasteiger partial charge in [0, 0.05) is 23.5 Å². The number of hydrogen-bond donors (Lipinski definition) is 2. The summed E-state index contributed by atoms with van der Waals surface area (Å²) in [6.45, 7) is 0.748. The summed E-state index contributed by atoms with van der Waals surface area (Å²) in [6.07, 6.45) is 0. The Labute approximate surface area is 147 Å². The third-order valence-corrected chi connectivity index (χ3v) is 3.83. The van der Waals surface area contributed by atoms with E-state index in [1.165, 1.54) is 5.56 Å². The fourth-order valence-electron chi connectivity index (χ4n) is 2.42. The normalized spacial score (nSPS) is 10.1. The van der Waals surface area contributed by atoms with E-state index in [9.17, 15) is 4.79 Å². The van der Waals surface area contributed by atoms with Crippen molar-refractivity contribution in [1.29, 1.82) is 0 Å². The van der Waals surface area contributed by atoms with Crippen molar-refractivity contribution in [2.24, 2.45) is 0 Å². The Balaban J connectivity index is 1.58. The van der Waals surface area contributed by atoms with E-state index < -0.39 is 0 Å². The van der Waals surface area contributed by atoms with E-state index >= 15 is 0 Å². The molecule has 0 aliphatic rings. The molecule has 0 aliphatic heterocycles. The van der Waals surface area contributed by atoms with Crippen LogP contribution in [0, 0.1) is 0 Å². The largest absolute Gasteiger partial charge is 0.497 e. The summed E-state index contributed by atoms with van der Waals surface area (Å²) in [5, 5.41) is 6.22. The maximum absolute atomic E-state index is 12.3. The Hall–Kier alpha value is -3.27. The van der Waals surface area contributed by atoms with Gasteiger partial charge in [-0.05, 0) is 54.1 Å². The van der Waals surface area contributed by atoms with Crippen LogP contribution in [0.25, 0.3) is 0 Å². The molecule has 3 aromatic rings. The van der Waals surface area contributed by atoms with E-state index in [4.69, 9.17) is 4.74 Å². The zero-order valence-corrected chi connectivity index (χ0v) is 14.0. The van der Waals surface area contributed by atoms with Gasteiger partial charge in [0.05, 0.1) is 7.11 Å². The maximum Gasteiger partial charge on any atom is 0.255 e. The first-order valence-electron chi connectivity index (χ1n) is 8.08. The van der Waals surface area contributed by atoms with Crippen molar-refractivity contribution < 1.29 is 9.53 Å². The molecule has 0 heterocycles. The van der Waals surface area contributed by atoms with Crippen LogP contribution in [-0.4, -0.2) is 13.0 Å². The van der Waals surface area contributed by atoms with Crippen LogP contribution in [0.2, 0.25) is 0 Å². The van der Waals surface area contributed by atoms with Crippen LogP contribution >= 0.6 is 0 Å². The summed E-state index contributed by atoms with van der Waals surface area (Å²) < 4.78 is 5.11. The van der Waals surface area contributed by atoms with Crippen LogP contribution < -0.4 is 15.4 Å². The average molecular weight is 332 g/mol. The van der Waals surface area contributed by atoms with Crippen LogP contribution in [-0.2, 0) is 6.54 Å². The van der Waals surface area contributed by atoms with Crippen LogP contribution in [0.1, 0.15) is 15.9 Å². The number of carbonyl (C=O) groups is 1. The molecule has 1 amide bonds. The summed E-state index contributed by atoms with van der Waals surface area (Å²) in [6, 6.07) is 24.9. The van der Waals surface area contributed by atoms with E-state index in [-0.39, 0.29) is 5.91 Å². The Morgan fingerprint density at radius 2 is 1.48 bits per heavy atom. The van der Waals surface area contributed by atoms with E-state index in [1.807, 2.05) is 66.7 Å². The van der Waals surface area contributed by atoms with Crippen molar-refractivity contribution in [2.45, 2.75) is 6.54 Å². The van der Waals surface area contributed by atoms with E-state index in [0.29, 0.717) is 5.56 Å². The number of ether oxygens (including phenoxy) is 1. The molecular weight excluding hydrogens is 312 g/mol. The van der Waals surface area contributed by atoms with Crippen LogP contribution in [0.5, 0.6) is 5.75 Å². The first-order chi connectivity index (χ1) is 12.2. The number of anilines is 2. The van der Waals surface area contributed by atoms with Crippen molar-refractivity contribution in [3.63, 3.8) is 0 Å². The van der Waals surface area contributed by atoms with Crippen LogP contribution in [0.15, 0.2) is 78.9 Å². The molecule has 0 radical (unpaired) electrons. The van der Waals surface area contributed by atoms with Gasteiger partial charge < -0.3 is 15.4 Å². The highest BCUT2D eigenvalue weighted by atomic mass is 16.5. The summed E-state index contributed by atoms with van der Waals surface area (Å²) in [5.41, 5.74) is 3.53. The molecule has 3 rings (SSSR count). The monoisotopic (exact) mass is 332 g/mol. The van der Waals surface area contributed by atoms with Gasteiger partial charge in [0.15, 0.2) is 0 Å². The van der Waals surface area contributed by atoms with Gasteiger partial charge in [0.25, 0.3) is 5.91 Å². The van der Waals surface area contributed by atoms with Gasteiger partial charge in [0.2, 0.25) is 0 Å². The minimum Gasteiger partial charge on any atom is -0.497 e. The Kier molecular flexibility index (Phi) is 5.32. The van der Waals surface area contributed by atoms with Gasteiger partial charge in [0.1, 0.15) is 5.75 Å². The molecule has 0 saturated carbocycles. The van der Waals surface area contributed by atoms with Crippen molar-refractivity contribution in [1.82, 2.24) is 0 Å². The first-order valence-corrected chi connectivity index (χ1v) is 8.08. The lowest BCUT2D eigenvalue weighted by Crippen LogP contribution is -2.11. The zero-order chi connectivity index (χ0) is 17.5. The second kappa shape index (κ2) is 8.02. The maximum atomic E-state index is 12.3. The lowest BCUT2D eigenvalue weighted by molar-refractivity contribution is 0.102. The van der Waals surface area contributed by atoms with Crippen molar-refractivity contribution in [2.75, 3.05) is 17.7 Å². The average Bonchev–Trinajstić information content (AvgIpc) is 2.68. The van der Waals surface area contributed by atoms with Gasteiger partial charge in [-0.2, -0.15) is 0 Å². The smallest absolute Gasteiger partial charge is 0.255 e. The number of hydrogen-bond acceptors (Lipinski definition) is 3. The lowest BCUT2D eigenvalue weighted by atomic mass is 10.1. The standard InChI is InChI=1S/C21H20N2O2/c1-25-20-13-11-19(12-14-20)23-21(24)17-7-9-18(10-8-17)22-15-16-5-3-2-4-6-16/h2-14,22H,15H2,1H3,(H,23,24). The molecule has 0 aromatic heterocycles. The second-order valence-electron chi connectivity index (χ2n) is 5.60. The number of carbonyl (C=O) groups excluding carboxylic acids is 1. The predicted molar refractivity (Wildman–Crippen MR) is 101 cm³/mol. The van der Waals surface area contributed by atoms with Gasteiger partial charge in [-0.25, -0.2) is 0 Å². The van der Waals surface area contributed by atoms with Crippen LogP contribution in [0.3, 0.4) is 0 Å². The quantitative estimate of drug-likeness (QED) is 0.696. The summed E-state index contributed by atoms with van der Waals surface area (Å²) in [7, 11) is 1.61. The number of amides is 1. The summed E-state index contributed by atoms with van der Waals surface area (Å²) in [5.74, 6) is 0.617. The number of nitrogens with one attached hydrogen (secondary N) is 2. The van der Waals surface area contributed by atoms with Crippen LogP contribution in [0.4, 0.5) is 11.4 Å². The molecule has 0 unspecified atom stereocenters. The molecule has 0 bridgehead atoms. The van der Waals surface area contributed by atoms with Gasteiger partial charge in [-0.3, -0.25) is 4.79 Å². The molecule has 4 heteroatoms. The number of benzene rings is 3. The van der Waals surface area contributed by atoms with E-state index in [2.05, 4.69) is 22.8 Å². The topological polar surface area (TPSA) is 50.4 Å². The molecule has 25 heavy (non-hydrogen) atoms. The molecule has 0 fully saturated rings. The number of methoxy groups -OCH3 is 1. The molecule has 0 atom stereocenters. The summed E-state index contributed by atoms with van der Waals surface area (Å²) >= 11 is 0. The minimum absolute atomic E-state index is 0.139. The van der Waals surface area contributed by atoms with E-state index in [1.54, 1.807) is 7.11 Å². The van der Waals surface area contributed by atoms with Crippen molar-refractivity contribution in [3.8, 4) is 5.75 Å². The predicted octanol–water partition coefficient (Wildman–Crippen LogP) is 4.56. The van der Waals surface area contributed by atoms with Crippen molar-refractivity contribution in [3.05, 3.63) is 90.0 Å². The molecular formula is C21H20N2O2. The van der Waals surface area contributed by atoms with Crippen molar-refractivity contribution >= 4 is 17.3 Å². The molecule has 3 aromatic carbocycles. The number of rotatable bonds is 6. The lowest BCUT2D eigenvalue weighted by Gasteiger charge is -2.09. The SMILES string of the molecule is COc1ccc(NC(=O)c2ccc(NCc3ccccc3)cc2)cc1. The second-order valence-corrected chi connectivity index (χ2v) is 5.60. The molecule has 0 spiro atoms. The zero-order valence-electron chi connectivity index (χ0n) is 14.0. The minimum atomic E-state index is -0.139. The molecule has 4 nitrogen and oxygen atoms in total. The fraction of sp³-hybridized carbons (Fsp3) is 0.0952.